The number of rotatable bonds is 5. The van der Waals surface area contributed by atoms with Crippen LogP contribution in [0.1, 0.15) is 39.5 Å². The van der Waals surface area contributed by atoms with Gasteiger partial charge in [0, 0.05) is 30.5 Å². The molecular formula is C15H27NO2. The zero-order chi connectivity index (χ0) is 12.6. The lowest BCUT2D eigenvalue weighted by molar-refractivity contribution is 0.0321. The number of hydrogen-bond acceptors (Lipinski definition) is 3. The summed E-state index contributed by atoms with van der Waals surface area (Å²) in [7, 11) is 0. The molecule has 0 bridgehead atoms. The highest BCUT2D eigenvalue weighted by atomic mass is 16.5. The van der Waals surface area contributed by atoms with Crippen LogP contribution in [0.15, 0.2) is 0 Å². The zero-order valence-electron chi connectivity index (χ0n) is 11.9. The standard InChI is InChI=1S/C15H27NO2/c1-13(2)18-12-14(3-4-14)9-16-7-5-15(10-16)6-8-17-11-15/h13H,3-12H2,1-2H3. The molecule has 3 aliphatic rings. The lowest BCUT2D eigenvalue weighted by Gasteiger charge is -2.26. The van der Waals surface area contributed by atoms with E-state index in [0.29, 0.717) is 16.9 Å². The Labute approximate surface area is 111 Å². The topological polar surface area (TPSA) is 21.7 Å². The highest BCUT2D eigenvalue weighted by Gasteiger charge is 2.48. The van der Waals surface area contributed by atoms with E-state index >= 15 is 0 Å². The summed E-state index contributed by atoms with van der Waals surface area (Å²) in [5.41, 5.74) is 1.00. The summed E-state index contributed by atoms with van der Waals surface area (Å²) in [6.07, 6.45) is 5.71. The van der Waals surface area contributed by atoms with E-state index in [4.69, 9.17) is 9.47 Å². The average molecular weight is 253 g/mol. The van der Waals surface area contributed by atoms with E-state index in [1.165, 1.54) is 45.3 Å². The Kier molecular flexibility index (Phi) is 3.41. The van der Waals surface area contributed by atoms with Crippen molar-refractivity contribution < 1.29 is 9.47 Å². The predicted molar refractivity (Wildman–Crippen MR) is 71.7 cm³/mol. The van der Waals surface area contributed by atoms with Crippen molar-refractivity contribution in [1.29, 1.82) is 0 Å². The fraction of sp³-hybridized carbons (Fsp3) is 1.00. The summed E-state index contributed by atoms with van der Waals surface area (Å²) < 4.78 is 11.4. The largest absolute Gasteiger partial charge is 0.381 e. The molecule has 1 unspecified atom stereocenters. The molecule has 3 rings (SSSR count). The molecule has 2 heterocycles. The van der Waals surface area contributed by atoms with Gasteiger partial charge in [0.15, 0.2) is 0 Å². The van der Waals surface area contributed by atoms with Gasteiger partial charge in [0.05, 0.1) is 19.3 Å². The molecule has 3 nitrogen and oxygen atoms in total. The second-order valence-electron chi connectivity index (χ2n) is 7.12. The molecule has 0 aromatic heterocycles. The van der Waals surface area contributed by atoms with Crippen molar-refractivity contribution >= 4 is 0 Å². The summed E-state index contributed by atoms with van der Waals surface area (Å²) >= 11 is 0. The van der Waals surface area contributed by atoms with E-state index in [0.717, 1.165) is 19.8 Å². The number of nitrogens with zero attached hydrogens (tertiary/aromatic N) is 1. The van der Waals surface area contributed by atoms with Crippen LogP contribution < -0.4 is 0 Å². The van der Waals surface area contributed by atoms with Crippen LogP contribution in [-0.4, -0.2) is 50.5 Å². The third-order valence-corrected chi connectivity index (χ3v) is 4.94. The second-order valence-corrected chi connectivity index (χ2v) is 7.12. The van der Waals surface area contributed by atoms with Gasteiger partial charge in [0.25, 0.3) is 0 Å². The van der Waals surface area contributed by atoms with E-state index in [2.05, 4.69) is 18.7 Å². The molecule has 1 aliphatic carbocycles. The van der Waals surface area contributed by atoms with Gasteiger partial charge in [0.1, 0.15) is 0 Å². The molecule has 3 heteroatoms. The van der Waals surface area contributed by atoms with Crippen LogP contribution in [0.5, 0.6) is 0 Å². The molecular weight excluding hydrogens is 226 g/mol. The molecule has 0 amide bonds. The lowest BCUT2D eigenvalue weighted by Crippen LogP contribution is -2.34. The molecule has 0 N–H and O–H groups in total. The monoisotopic (exact) mass is 253 g/mol. The molecule has 1 spiro atoms. The first-order valence-corrected chi connectivity index (χ1v) is 7.53. The first kappa shape index (κ1) is 12.9. The quantitative estimate of drug-likeness (QED) is 0.750. The number of hydrogen-bond donors (Lipinski definition) is 0. The van der Waals surface area contributed by atoms with Crippen molar-refractivity contribution in [2.24, 2.45) is 10.8 Å². The SMILES string of the molecule is CC(C)OCC1(CN2CCC3(CCOC3)C2)CC1. The van der Waals surface area contributed by atoms with Crippen molar-refractivity contribution in [2.75, 3.05) is 39.5 Å². The summed E-state index contributed by atoms with van der Waals surface area (Å²) in [4.78, 5) is 2.67. The molecule has 2 saturated heterocycles. The van der Waals surface area contributed by atoms with Gasteiger partial charge >= 0.3 is 0 Å². The van der Waals surface area contributed by atoms with Crippen LogP contribution in [0.2, 0.25) is 0 Å². The van der Waals surface area contributed by atoms with Crippen LogP contribution in [0.4, 0.5) is 0 Å². The summed E-state index contributed by atoms with van der Waals surface area (Å²) in [6, 6.07) is 0. The van der Waals surface area contributed by atoms with Crippen molar-refractivity contribution in [3.8, 4) is 0 Å². The molecule has 3 fully saturated rings. The van der Waals surface area contributed by atoms with E-state index < -0.39 is 0 Å². The van der Waals surface area contributed by atoms with Gasteiger partial charge in [-0.05, 0) is 46.1 Å². The van der Waals surface area contributed by atoms with Gasteiger partial charge in [-0.3, -0.25) is 0 Å². The van der Waals surface area contributed by atoms with Crippen LogP contribution in [0.3, 0.4) is 0 Å². The minimum Gasteiger partial charge on any atom is -0.381 e. The molecule has 104 valence electrons. The highest BCUT2D eigenvalue weighted by molar-refractivity contribution is 5.00. The number of ether oxygens (including phenoxy) is 2. The zero-order valence-corrected chi connectivity index (χ0v) is 11.9. The maximum absolute atomic E-state index is 5.85. The minimum absolute atomic E-state index is 0.371. The van der Waals surface area contributed by atoms with Crippen LogP contribution in [0, 0.1) is 10.8 Å². The first-order valence-electron chi connectivity index (χ1n) is 7.53. The summed E-state index contributed by atoms with van der Waals surface area (Å²) in [5.74, 6) is 0. The Balaban J connectivity index is 1.49. The fourth-order valence-electron chi connectivity index (χ4n) is 3.48. The van der Waals surface area contributed by atoms with Gasteiger partial charge in [-0.2, -0.15) is 0 Å². The van der Waals surface area contributed by atoms with Gasteiger partial charge < -0.3 is 14.4 Å². The third-order valence-electron chi connectivity index (χ3n) is 4.94. The van der Waals surface area contributed by atoms with Crippen LogP contribution >= 0.6 is 0 Å². The van der Waals surface area contributed by atoms with Gasteiger partial charge in [-0.1, -0.05) is 0 Å². The number of likely N-dealkylation sites (tertiary alicyclic amines) is 1. The van der Waals surface area contributed by atoms with E-state index in [-0.39, 0.29) is 0 Å². The minimum atomic E-state index is 0.371. The molecule has 1 saturated carbocycles. The molecule has 0 radical (unpaired) electrons. The Bertz CT molecular complexity index is 293. The Morgan fingerprint density at radius 3 is 2.67 bits per heavy atom. The summed E-state index contributed by atoms with van der Waals surface area (Å²) in [6.45, 7) is 11.0. The van der Waals surface area contributed by atoms with E-state index in [1.807, 2.05) is 0 Å². The average Bonchev–Trinajstić information content (AvgIpc) is 2.78. The molecule has 1 atom stereocenters. The highest BCUT2D eigenvalue weighted by Crippen LogP contribution is 2.48. The molecule has 0 aromatic carbocycles. The van der Waals surface area contributed by atoms with Gasteiger partial charge in [-0.25, -0.2) is 0 Å². The van der Waals surface area contributed by atoms with Gasteiger partial charge in [0.2, 0.25) is 0 Å². The molecule has 0 aromatic rings. The molecule has 18 heavy (non-hydrogen) atoms. The van der Waals surface area contributed by atoms with E-state index in [9.17, 15) is 0 Å². The maximum Gasteiger partial charge on any atom is 0.0538 e. The first-order chi connectivity index (χ1) is 8.62. The normalized spacial score (nSPS) is 34.8. The lowest BCUT2D eigenvalue weighted by atomic mass is 9.87. The van der Waals surface area contributed by atoms with Crippen LogP contribution in [-0.2, 0) is 9.47 Å². The van der Waals surface area contributed by atoms with Crippen molar-refractivity contribution in [3.63, 3.8) is 0 Å². The third kappa shape index (κ3) is 2.73. The fourth-order valence-corrected chi connectivity index (χ4v) is 3.48. The Morgan fingerprint density at radius 2 is 2.06 bits per heavy atom. The second kappa shape index (κ2) is 4.77. The summed E-state index contributed by atoms with van der Waals surface area (Å²) in [5, 5.41) is 0. The van der Waals surface area contributed by atoms with Crippen molar-refractivity contribution in [2.45, 2.75) is 45.6 Å². The van der Waals surface area contributed by atoms with Gasteiger partial charge in [-0.15, -0.1) is 0 Å². The Morgan fingerprint density at radius 1 is 1.22 bits per heavy atom. The van der Waals surface area contributed by atoms with Crippen LogP contribution in [0.25, 0.3) is 0 Å². The van der Waals surface area contributed by atoms with Crippen molar-refractivity contribution in [1.82, 2.24) is 4.90 Å². The maximum atomic E-state index is 5.85. The molecule has 2 aliphatic heterocycles. The smallest absolute Gasteiger partial charge is 0.0538 e. The predicted octanol–water partition coefficient (Wildman–Crippen LogP) is 2.30. The van der Waals surface area contributed by atoms with E-state index in [1.54, 1.807) is 0 Å². The Hall–Kier alpha value is -0.120. The van der Waals surface area contributed by atoms with Crippen molar-refractivity contribution in [3.05, 3.63) is 0 Å².